The number of hydrogen-bond acceptors (Lipinski definition) is 5. The Morgan fingerprint density at radius 3 is 2.73 bits per heavy atom. The summed E-state index contributed by atoms with van der Waals surface area (Å²) in [4.78, 5) is 17.0. The van der Waals surface area contributed by atoms with Gasteiger partial charge in [0.15, 0.2) is 5.75 Å². The molecule has 8 heteroatoms. The van der Waals surface area contributed by atoms with Crippen LogP contribution in [0.25, 0.3) is 4.96 Å². The molecule has 0 aliphatic rings. The Kier molecular flexibility index (Phi) is 4.33. The second-order valence-corrected chi connectivity index (χ2v) is 6.32. The fourth-order valence-electron chi connectivity index (χ4n) is 1.88. The Balaban J connectivity index is 1.89. The van der Waals surface area contributed by atoms with E-state index >= 15 is 0 Å². The third kappa shape index (κ3) is 2.95. The molecule has 114 valence electrons. The van der Waals surface area contributed by atoms with Gasteiger partial charge < -0.3 is 4.74 Å². The molecule has 0 aliphatic carbocycles. The second kappa shape index (κ2) is 6.24. The lowest BCUT2D eigenvalue weighted by Gasteiger charge is -2.08. The highest BCUT2D eigenvalue weighted by molar-refractivity contribution is 7.16. The van der Waals surface area contributed by atoms with E-state index in [-0.39, 0.29) is 12.2 Å². The highest BCUT2D eigenvalue weighted by atomic mass is 35.5. The maximum Gasteiger partial charge on any atom is 0.275 e. The first kappa shape index (κ1) is 15.3. The standard InChI is InChI=1S/C14H11Cl2N3O2S/c1-2-11-18-19-12(20)6-8(17-14(19)22-11)7-21-13-9(15)4-3-5-10(13)16/h3-6H,2,7H2,1H3. The third-order valence-electron chi connectivity index (χ3n) is 2.93. The molecular formula is C14H11Cl2N3O2S. The van der Waals surface area contributed by atoms with E-state index in [2.05, 4.69) is 10.1 Å². The first-order valence-corrected chi connectivity index (χ1v) is 8.11. The van der Waals surface area contributed by atoms with E-state index in [9.17, 15) is 4.79 Å². The van der Waals surface area contributed by atoms with Gasteiger partial charge in [-0.3, -0.25) is 4.79 Å². The molecule has 0 fully saturated rings. The average Bonchev–Trinajstić information content (AvgIpc) is 2.90. The van der Waals surface area contributed by atoms with Crippen LogP contribution in [0.15, 0.2) is 29.1 Å². The van der Waals surface area contributed by atoms with Gasteiger partial charge in [-0.05, 0) is 18.6 Å². The van der Waals surface area contributed by atoms with Crippen molar-refractivity contribution in [2.75, 3.05) is 0 Å². The summed E-state index contributed by atoms with van der Waals surface area (Å²) in [5.41, 5.74) is 0.275. The van der Waals surface area contributed by atoms with Crippen LogP contribution in [0.2, 0.25) is 10.0 Å². The molecule has 2 heterocycles. The number of halogens is 2. The molecule has 3 rings (SSSR count). The van der Waals surface area contributed by atoms with Gasteiger partial charge in [0.25, 0.3) is 5.56 Å². The summed E-state index contributed by atoms with van der Waals surface area (Å²) in [5.74, 6) is 0.381. The summed E-state index contributed by atoms with van der Waals surface area (Å²) < 4.78 is 6.90. The Hall–Kier alpha value is -1.63. The predicted octanol–water partition coefficient (Wildman–Crippen LogP) is 3.60. The minimum atomic E-state index is -0.232. The molecule has 2 aromatic heterocycles. The van der Waals surface area contributed by atoms with E-state index < -0.39 is 0 Å². The number of aromatic nitrogens is 3. The van der Waals surface area contributed by atoms with Gasteiger partial charge in [-0.15, -0.1) is 0 Å². The summed E-state index contributed by atoms with van der Waals surface area (Å²) in [6, 6.07) is 6.50. The van der Waals surface area contributed by atoms with Crippen LogP contribution in [0.4, 0.5) is 0 Å². The molecule has 0 saturated heterocycles. The number of aryl methyl sites for hydroxylation is 1. The van der Waals surface area contributed by atoms with Crippen molar-refractivity contribution in [1.29, 1.82) is 0 Å². The summed E-state index contributed by atoms with van der Waals surface area (Å²) >= 11 is 13.5. The van der Waals surface area contributed by atoms with Crippen molar-refractivity contribution in [2.24, 2.45) is 0 Å². The maximum absolute atomic E-state index is 12.0. The molecule has 0 atom stereocenters. The molecule has 0 aliphatic heterocycles. The van der Waals surface area contributed by atoms with E-state index in [1.165, 1.54) is 21.9 Å². The predicted molar refractivity (Wildman–Crippen MR) is 87.3 cm³/mol. The lowest BCUT2D eigenvalue weighted by Crippen LogP contribution is -2.16. The van der Waals surface area contributed by atoms with Gasteiger partial charge in [0.2, 0.25) is 4.96 Å². The van der Waals surface area contributed by atoms with Crippen LogP contribution in [-0.4, -0.2) is 14.6 Å². The number of fused-ring (bicyclic) bond motifs is 1. The molecule has 0 N–H and O–H groups in total. The van der Waals surface area contributed by atoms with Crippen molar-refractivity contribution in [3.05, 3.63) is 55.4 Å². The van der Waals surface area contributed by atoms with Crippen molar-refractivity contribution in [3.8, 4) is 5.75 Å². The monoisotopic (exact) mass is 355 g/mol. The van der Waals surface area contributed by atoms with Gasteiger partial charge in [0.1, 0.15) is 11.6 Å². The normalized spacial score (nSPS) is 11.0. The zero-order valence-electron chi connectivity index (χ0n) is 11.5. The van der Waals surface area contributed by atoms with E-state index in [4.69, 9.17) is 27.9 Å². The Bertz CT molecular complexity index is 871. The largest absolute Gasteiger partial charge is 0.484 e. The average molecular weight is 356 g/mol. The fourth-order valence-corrected chi connectivity index (χ4v) is 3.24. The van der Waals surface area contributed by atoms with Gasteiger partial charge in [0.05, 0.1) is 15.7 Å². The van der Waals surface area contributed by atoms with Gasteiger partial charge in [0, 0.05) is 6.07 Å². The molecule has 22 heavy (non-hydrogen) atoms. The number of rotatable bonds is 4. The van der Waals surface area contributed by atoms with Crippen molar-refractivity contribution in [1.82, 2.24) is 14.6 Å². The highest BCUT2D eigenvalue weighted by Crippen LogP contribution is 2.32. The molecule has 3 aromatic rings. The number of benzene rings is 1. The lowest BCUT2D eigenvalue weighted by molar-refractivity contribution is 0.301. The van der Waals surface area contributed by atoms with Crippen molar-refractivity contribution >= 4 is 39.5 Å². The van der Waals surface area contributed by atoms with Gasteiger partial charge in [-0.25, -0.2) is 4.98 Å². The Morgan fingerprint density at radius 2 is 2.05 bits per heavy atom. The summed E-state index contributed by atoms with van der Waals surface area (Å²) in [7, 11) is 0. The Labute approximate surface area is 140 Å². The van der Waals surface area contributed by atoms with E-state index in [1.54, 1.807) is 18.2 Å². The third-order valence-corrected chi connectivity index (χ3v) is 4.57. The molecule has 0 spiro atoms. The minimum Gasteiger partial charge on any atom is -0.484 e. The molecule has 0 saturated carbocycles. The number of nitrogens with zero attached hydrogens (tertiary/aromatic N) is 3. The first-order chi connectivity index (χ1) is 10.6. The van der Waals surface area contributed by atoms with Crippen LogP contribution in [0.5, 0.6) is 5.75 Å². The highest BCUT2D eigenvalue weighted by Gasteiger charge is 2.11. The minimum absolute atomic E-state index is 0.106. The van der Waals surface area contributed by atoms with E-state index in [0.29, 0.717) is 26.4 Å². The second-order valence-electron chi connectivity index (χ2n) is 4.47. The zero-order chi connectivity index (χ0) is 15.7. The van der Waals surface area contributed by atoms with Crippen LogP contribution in [0.1, 0.15) is 17.6 Å². The topological polar surface area (TPSA) is 56.5 Å². The van der Waals surface area contributed by atoms with Crippen LogP contribution in [0.3, 0.4) is 0 Å². The van der Waals surface area contributed by atoms with Gasteiger partial charge >= 0.3 is 0 Å². The van der Waals surface area contributed by atoms with Crippen molar-refractivity contribution in [2.45, 2.75) is 20.0 Å². The van der Waals surface area contributed by atoms with Crippen LogP contribution >= 0.6 is 34.5 Å². The Morgan fingerprint density at radius 1 is 1.32 bits per heavy atom. The summed E-state index contributed by atoms with van der Waals surface area (Å²) in [6.45, 7) is 2.08. The maximum atomic E-state index is 12.0. The molecule has 0 bridgehead atoms. The van der Waals surface area contributed by atoms with Crippen LogP contribution < -0.4 is 10.3 Å². The molecule has 0 radical (unpaired) electrons. The molecule has 0 unspecified atom stereocenters. The summed E-state index contributed by atoms with van der Waals surface area (Å²) in [6.07, 6.45) is 0.758. The van der Waals surface area contributed by atoms with Gasteiger partial charge in [-0.2, -0.15) is 9.61 Å². The SMILES string of the molecule is CCc1nn2c(=O)cc(COc3c(Cl)cccc3Cl)nc2s1. The van der Waals surface area contributed by atoms with Crippen molar-refractivity contribution in [3.63, 3.8) is 0 Å². The molecule has 0 amide bonds. The lowest BCUT2D eigenvalue weighted by atomic mass is 10.3. The van der Waals surface area contributed by atoms with E-state index in [1.807, 2.05) is 6.92 Å². The van der Waals surface area contributed by atoms with Crippen LogP contribution in [0, 0.1) is 0 Å². The fraction of sp³-hybridized carbons (Fsp3) is 0.214. The quantitative estimate of drug-likeness (QED) is 0.717. The number of para-hydroxylation sites is 1. The zero-order valence-corrected chi connectivity index (χ0v) is 13.9. The van der Waals surface area contributed by atoms with Gasteiger partial charge in [-0.1, -0.05) is 47.5 Å². The smallest absolute Gasteiger partial charge is 0.275 e. The molecular weight excluding hydrogens is 345 g/mol. The molecule has 1 aromatic carbocycles. The summed E-state index contributed by atoms with van der Waals surface area (Å²) in [5, 5.41) is 5.88. The number of ether oxygens (including phenoxy) is 1. The number of hydrogen-bond donors (Lipinski definition) is 0. The van der Waals surface area contributed by atoms with Crippen molar-refractivity contribution < 1.29 is 4.74 Å². The van der Waals surface area contributed by atoms with Crippen LogP contribution in [-0.2, 0) is 13.0 Å². The van der Waals surface area contributed by atoms with E-state index in [0.717, 1.165) is 11.4 Å². The molecule has 5 nitrogen and oxygen atoms in total. The first-order valence-electron chi connectivity index (χ1n) is 6.54.